The second-order valence-corrected chi connectivity index (χ2v) is 7.34. The molecule has 1 saturated heterocycles. The van der Waals surface area contributed by atoms with E-state index in [-0.39, 0.29) is 18.4 Å². The van der Waals surface area contributed by atoms with Gasteiger partial charge in [-0.2, -0.15) is 5.10 Å². The maximum atomic E-state index is 12.6. The monoisotopic (exact) mass is 380 g/mol. The molecule has 0 radical (unpaired) electrons. The fraction of sp³-hybridized carbons (Fsp3) is 0.400. The maximum absolute atomic E-state index is 12.6. The van der Waals surface area contributed by atoms with Gasteiger partial charge in [-0.3, -0.25) is 14.5 Å². The second kappa shape index (κ2) is 7.65. The van der Waals surface area contributed by atoms with Crippen molar-refractivity contribution in [2.45, 2.75) is 19.4 Å². The third kappa shape index (κ3) is 3.61. The molecule has 1 aliphatic rings. The summed E-state index contributed by atoms with van der Waals surface area (Å²) in [6.45, 7) is 1.77. The van der Waals surface area contributed by atoms with Crippen molar-refractivity contribution in [2.24, 2.45) is 13.0 Å². The zero-order valence-corrected chi connectivity index (χ0v) is 16.1. The van der Waals surface area contributed by atoms with Gasteiger partial charge in [0, 0.05) is 36.3 Å². The van der Waals surface area contributed by atoms with Crippen LogP contribution in [0.15, 0.2) is 30.7 Å². The van der Waals surface area contributed by atoms with Crippen molar-refractivity contribution in [1.82, 2.24) is 24.6 Å². The first kappa shape index (κ1) is 18.5. The fourth-order valence-corrected chi connectivity index (χ4v) is 3.62. The van der Waals surface area contributed by atoms with Gasteiger partial charge in [0.1, 0.15) is 5.82 Å². The molecule has 146 valence electrons. The van der Waals surface area contributed by atoms with Crippen molar-refractivity contribution in [2.75, 3.05) is 25.5 Å². The normalized spacial score (nSPS) is 15.8. The number of hydrogen-bond donors (Lipinski definition) is 2. The highest BCUT2D eigenvalue weighted by Gasteiger charge is 2.23. The predicted octanol–water partition coefficient (Wildman–Crippen LogP) is 1.80. The topological polar surface area (TPSA) is 96.2 Å². The van der Waals surface area contributed by atoms with Crippen LogP contribution in [0, 0.1) is 5.92 Å². The van der Waals surface area contributed by atoms with Crippen LogP contribution in [0.2, 0.25) is 0 Å². The number of aromatic nitrogens is 4. The summed E-state index contributed by atoms with van der Waals surface area (Å²) in [5, 5.41) is 18.6. The molecule has 3 aromatic heterocycles. The molecule has 0 saturated carbocycles. The molecule has 1 amide bonds. The number of rotatable bonds is 4. The molecule has 8 nitrogen and oxygen atoms in total. The number of nitrogens with one attached hydrogen (secondary N) is 1. The van der Waals surface area contributed by atoms with E-state index in [2.05, 4.69) is 32.3 Å². The van der Waals surface area contributed by atoms with Gasteiger partial charge in [0.15, 0.2) is 0 Å². The molecule has 0 unspecified atom stereocenters. The van der Waals surface area contributed by atoms with Crippen molar-refractivity contribution in [3.05, 3.63) is 36.4 Å². The van der Waals surface area contributed by atoms with Crippen molar-refractivity contribution >= 4 is 22.5 Å². The number of aliphatic hydroxyl groups is 1. The molecule has 4 heterocycles. The number of nitrogens with zero attached hydrogens (tertiary/aromatic N) is 5. The highest BCUT2D eigenvalue weighted by molar-refractivity contribution is 5.94. The zero-order chi connectivity index (χ0) is 19.7. The second-order valence-electron chi connectivity index (χ2n) is 7.34. The van der Waals surface area contributed by atoms with Crippen LogP contribution < -0.4 is 5.32 Å². The molecule has 4 rings (SSSR count). The first-order chi connectivity index (χ1) is 13.5. The summed E-state index contributed by atoms with van der Waals surface area (Å²) in [5.41, 5.74) is 2.22. The molecule has 0 spiro atoms. The van der Waals surface area contributed by atoms with Crippen LogP contribution in [0.3, 0.4) is 0 Å². The Balaban J connectivity index is 1.58. The Hall–Kier alpha value is -2.84. The minimum absolute atomic E-state index is 0.0315. The number of carbonyl (C=O) groups is 1. The minimum atomic E-state index is -0.111. The van der Waals surface area contributed by atoms with Gasteiger partial charge in [0.05, 0.1) is 24.2 Å². The number of anilines is 1. The van der Waals surface area contributed by atoms with E-state index in [1.165, 1.54) is 0 Å². The predicted molar refractivity (Wildman–Crippen MR) is 107 cm³/mol. The van der Waals surface area contributed by atoms with Crippen LogP contribution in [0.4, 0.5) is 5.82 Å². The number of likely N-dealkylation sites (tertiary alicyclic amines) is 1. The lowest BCUT2D eigenvalue weighted by Gasteiger charge is -2.27. The molecular weight excluding hydrogens is 356 g/mol. The van der Waals surface area contributed by atoms with Crippen molar-refractivity contribution in [3.8, 4) is 11.3 Å². The zero-order valence-electron chi connectivity index (χ0n) is 16.1. The average Bonchev–Trinajstić information content (AvgIpc) is 3.08. The summed E-state index contributed by atoms with van der Waals surface area (Å²) in [7, 11) is 3.87. The van der Waals surface area contributed by atoms with Gasteiger partial charge in [-0.1, -0.05) is 0 Å². The third-order valence-electron chi connectivity index (χ3n) is 5.43. The lowest BCUT2D eigenvalue weighted by molar-refractivity contribution is -0.121. The number of pyridine rings is 2. The highest BCUT2D eigenvalue weighted by Crippen LogP contribution is 2.26. The number of fused-ring (bicyclic) bond motifs is 1. The molecule has 0 aromatic carbocycles. The Morgan fingerprint density at radius 3 is 2.64 bits per heavy atom. The van der Waals surface area contributed by atoms with Gasteiger partial charge in [0.2, 0.25) is 5.91 Å². The fourth-order valence-electron chi connectivity index (χ4n) is 3.62. The van der Waals surface area contributed by atoms with E-state index in [1.54, 1.807) is 30.3 Å². The molecule has 0 aliphatic carbocycles. The summed E-state index contributed by atoms with van der Waals surface area (Å²) in [5.74, 6) is 0.607. The number of aliphatic hydroxyl groups excluding tert-OH is 1. The van der Waals surface area contributed by atoms with Gasteiger partial charge in [0.25, 0.3) is 0 Å². The van der Waals surface area contributed by atoms with Crippen molar-refractivity contribution < 1.29 is 9.90 Å². The van der Waals surface area contributed by atoms with E-state index in [0.717, 1.165) is 48.0 Å². The maximum Gasteiger partial charge on any atom is 0.228 e. The number of amides is 1. The molecule has 1 fully saturated rings. The largest absolute Gasteiger partial charge is 0.390 e. The first-order valence-electron chi connectivity index (χ1n) is 9.42. The van der Waals surface area contributed by atoms with Crippen LogP contribution in [-0.4, -0.2) is 55.8 Å². The van der Waals surface area contributed by atoms with Crippen molar-refractivity contribution in [3.63, 3.8) is 0 Å². The summed E-state index contributed by atoms with van der Waals surface area (Å²) >= 11 is 0. The van der Waals surface area contributed by atoms with Crippen LogP contribution in [0.1, 0.15) is 18.5 Å². The van der Waals surface area contributed by atoms with Gasteiger partial charge in [-0.05, 0) is 50.5 Å². The van der Waals surface area contributed by atoms with Crippen LogP contribution in [-0.2, 0) is 18.4 Å². The standard InChI is InChI=1S/C20H24N6O2/c1-25-5-3-13(4-6-25)20(28)24-19-8-14-7-17(21-9-15(14)10-22-19)16-11-23-26(2)18(16)12-27/h7-11,13,27H,3-6,12H2,1-2H3,(H,22,24,28). The summed E-state index contributed by atoms with van der Waals surface area (Å²) in [6.07, 6.45) is 6.90. The molecule has 2 N–H and O–H groups in total. The smallest absolute Gasteiger partial charge is 0.228 e. The molecule has 1 aliphatic heterocycles. The lowest BCUT2D eigenvalue weighted by Crippen LogP contribution is -2.36. The molecule has 0 atom stereocenters. The van der Waals surface area contributed by atoms with Gasteiger partial charge in [-0.15, -0.1) is 0 Å². The van der Waals surface area contributed by atoms with Gasteiger partial charge in [-0.25, -0.2) is 4.98 Å². The number of aryl methyl sites for hydroxylation is 1. The Kier molecular flexibility index (Phi) is 5.06. The average molecular weight is 380 g/mol. The Morgan fingerprint density at radius 1 is 1.14 bits per heavy atom. The lowest BCUT2D eigenvalue weighted by atomic mass is 9.96. The van der Waals surface area contributed by atoms with E-state index in [0.29, 0.717) is 11.5 Å². The van der Waals surface area contributed by atoms with Crippen molar-refractivity contribution in [1.29, 1.82) is 0 Å². The summed E-state index contributed by atoms with van der Waals surface area (Å²) in [4.78, 5) is 23.6. The molecule has 28 heavy (non-hydrogen) atoms. The van der Waals surface area contributed by atoms with E-state index >= 15 is 0 Å². The third-order valence-corrected chi connectivity index (χ3v) is 5.43. The highest BCUT2D eigenvalue weighted by atomic mass is 16.3. The number of hydrogen-bond acceptors (Lipinski definition) is 6. The van der Waals surface area contributed by atoms with Gasteiger partial charge < -0.3 is 15.3 Å². The number of piperidine rings is 1. The van der Waals surface area contributed by atoms with Crippen LogP contribution >= 0.6 is 0 Å². The van der Waals surface area contributed by atoms with E-state index in [1.807, 2.05) is 12.1 Å². The molecular formula is C20H24N6O2. The molecule has 8 heteroatoms. The van der Waals surface area contributed by atoms with Crippen LogP contribution in [0.25, 0.3) is 22.0 Å². The summed E-state index contributed by atoms with van der Waals surface area (Å²) in [6, 6.07) is 3.79. The number of carbonyl (C=O) groups excluding carboxylic acids is 1. The SMILES string of the molecule is CN1CCC(C(=O)Nc2cc3cc(-c4cnn(C)c4CO)ncc3cn2)CC1. The minimum Gasteiger partial charge on any atom is -0.390 e. The Morgan fingerprint density at radius 2 is 1.89 bits per heavy atom. The van der Waals surface area contributed by atoms with Crippen LogP contribution in [0.5, 0.6) is 0 Å². The quantitative estimate of drug-likeness (QED) is 0.717. The Bertz CT molecular complexity index is 1010. The molecule has 3 aromatic rings. The van der Waals surface area contributed by atoms with E-state index in [4.69, 9.17) is 0 Å². The Labute approximate surface area is 163 Å². The first-order valence-corrected chi connectivity index (χ1v) is 9.42. The molecule has 0 bridgehead atoms. The van der Waals surface area contributed by atoms with E-state index in [9.17, 15) is 9.90 Å². The van der Waals surface area contributed by atoms with Gasteiger partial charge >= 0.3 is 0 Å². The summed E-state index contributed by atoms with van der Waals surface area (Å²) < 4.78 is 1.64. The van der Waals surface area contributed by atoms with E-state index < -0.39 is 0 Å².